The number of hydrogen-bond donors (Lipinski definition) is 3. The summed E-state index contributed by atoms with van der Waals surface area (Å²) < 4.78 is 41.1. The van der Waals surface area contributed by atoms with Gasteiger partial charge in [0.05, 0.1) is 24.9 Å². The minimum absolute atomic E-state index is 0.00300. The molecule has 17 heteroatoms. The molecule has 0 aliphatic carbocycles. The molecule has 0 spiro atoms. The van der Waals surface area contributed by atoms with E-state index in [4.69, 9.17) is 44.3 Å². The highest BCUT2D eigenvalue weighted by atomic mass is 35.5. The molecule has 5 rings (SSSR count). The first-order valence-corrected chi connectivity index (χ1v) is 14.7. The van der Waals surface area contributed by atoms with Crippen LogP contribution in [0.3, 0.4) is 0 Å². The van der Waals surface area contributed by atoms with E-state index in [-0.39, 0.29) is 46.0 Å². The van der Waals surface area contributed by atoms with Gasteiger partial charge in [0.15, 0.2) is 6.10 Å². The number of halogens is 5. The van der Waals surface area contributed by atoms with Crippen LogP contribution < -0.4 is 4.90 Å². The topological polar surface area (TPSA) is 150 Å². The van der Waals surface area contributed by atoms with Crippen LogP contribution in [-0.4, -0.2) is 110 Å². The highest BCUT2D eigenvalue weighted by Crippen LogP contribution is 2.37. The van der Waals surface area contributed by atoms with E-state index < -0.39 is 71.8 Å². The van der Waals surface area contributed by atoms with Gasteiger partial charge < -0.3 is 34.6 Å². The maximum Gasteiger partial charge on any atom is 0.259 e. The number of benzene rings is 2. The van der Waals surface area contributed by atoms with E-state index in [1.165, 1.54) is 48.2 Å². The Kier molecular flexibility index (Phi) is 9.96. The Labute approximate surface area is 270 Å². The van der Waals surface area contributed by atoms with Gasteiger partial charge in [0.25, 0.3) is 5.91 Å². The highest BCUT2D eigenvalue weighted by Gasteiger charge is 2.52. The van der Waals surface area contributed by atoms with Crippen LogP contribution in [0, 0.1) is 11.6 Å². The predicted octanol–water partition coefficient (Wildman–Crippen LogP) is 2.49. The van der Waals surface area contributed by atoms with E-state index in [0.717, 1.165) is 16.8 Å². The maximum atomic E-state index is 14.5. The zero-order valence-electron chi connectivity index (χ0n) is 23.7. The van der Waals surface area contributed by atoms with Gasteiger partial charge in [-0.15, -0.1) is 5.10 Å². The molecule has 12 nitrogen and oxygen atoms in total. The number of anilines is 1. The minimum atomic E-state index is -1.53. The van der Waals surface area contributed by atoms with Crippen molar-refractivity contribution >= 4 is 52.3 Å². The first-order chi connectivity index (χ1) is 21.3. The number of likely N-dealkylation sites (tertiary alicyclic amines) is 1. The van der Waals surface area contributed by atoms with Crippen LogP contribution in [0.4, 0.5) is 14.5 Å². The smallest absolute Gasteiger partial charge is 0.259 e. The summed E-state index contributed by atoms with van der Waals surface area (Å²) in [5.41, 5.74) is 0.190. The summed E-state index contributed by atoms with van der Waals surface area (Å²) in [6.07, 6.45) is -5.55. The molecule has 0 bridgehead atoms. The van der Waals surface area contributed by atoms with Crippen molar-refractivity contribution in [2.75, 3.05) is 31.7 Å². The molecule has 1 aromatic heterocycles. The number of hydrogen-bond acceptors (Lipinski definition) is 9. The predicted molar refractivity (Wildman–Crippen MR) is 158 cm³/mol. The number of methoxy groups -OCH3 is 1. The fourth-order valence-corrected chi connectivity index (χ4v) is 6.32. The van der Waals surface area contributed by atoms with E-state index in [2.05, 4.69) is 10.3 Å². The first-order valence-electron chi connectivity index (χ1n) is 13.6. The largest absolute Gasteiger partial charge is 0.394 e. The van der Waals surface area contributed by atoms with Crippen molar-refractivity contribution in [2.45, 2.75) is 49.5 Å². The lowest BCUT2D eigenvalue weighted by Gasteiger charge is -2.45. The molecule has 45 heavy (non-hydrogen) atoms. The Morgan fingerprint density at radius 3 is 2.29 bits per heavy atom. The number of β-amino-alcohol motifs (C(OH)–C–C–N with tert-alkyl or cyclic N) is 1. The van der Waals surface area contributed by atoms with Crippen LogP contribution in [0.25, 0.3) is 11.3 Å². The molecule has 3 heterocycles. The van der Waals surface area contributed by atoms with Gasteiger partial charge in [-0.25, -0.2) is 13.5 Å². The lowest BCUT2D eigenvalue weighted by atomic mass is 9.91. The fraction of sp³-hybridized carbons (Fsp3) is 0.429. The van der Waals surface area contributed by atoms with Gasteiger partial charge in [-0.3, -0.25) is 9.59 Å². The van der Waals surface area contributed by atoms with E-state index in [1.807, 2.05) is 0 Å². The van der Waals surface area contributed by atoms with Crippen molar-refractivity contribution in [1.29, 1.82) is 0 Å². The van der Waals surface area contributed by atoms with E-state index in [0.29, 0.717) is 0 Å². The van der Waals surface area contributed by atoms with Crippen LogP contribution >= 0.6 is 34.8 Å². The van der Waals surface area contributed by atoms with Gasteiger partial charge >= 0.3 is 0 Å². The molecule has 3 aromatic rings. The van der Waals surface area contributed by atoms with Crippen molar-refractivity contribution < 1.29 is 43.2 Å². The van der Waals surface area contributed by atoms with E-state index in [1.54, 1.807) is 0 Å². The maximum absolute atomic E-state index is 14.5. The number of aliphatic hydroxyl groups is 3. The molecule has 242 valence electrons. The molecular weight excluding hydrogens is 663 g/mol. The third-order valence-corrected chi connectivity index (χ3v) is 8.67. The van der Waals surface area contributed by atoms with Crippen LogP contribution in [0.1, 0.15) is 13.0 Å². The third-order valence-electron chi connectivity index (χ3n) is 7.88. The molecular formula is C28H28Cl3F2N5O7. The van der Waals surface area contributed by atoms with Crippen molar-refractivity contribution in [2.24, 2.45) is 0 Å². The fourth-order valence-electron chi connectivity index (χ4n) is 5.70. The molecule has 7 atom stereocenters. The number of amides is 2. The molecule has 2 aliphatic heterocycles. The molecule has 2 fully saturated rings. The van der Waals surface area contributed by atoms with Crippen molar-refractivity contribution in [3.05, 3.63) is 63.2 Å². The summed E-state index contributed by atoms with van der Waals surface area (Å²) in [6, 6.07) is 4.08. The summed E-state index contributed by atoms with van der Waals surface area (Å²) in [7, 11) is 1.26. The minimum Gasteiger partial charge on any atom is -0.394 e. The van der Waals surface area contributed by atoms with Crippen molar-refractivity contribution in [1.82, 2.24) is 19.9 Å². The summed E-state index contributed by atoms with van der Waals surface area (Å²) in [6.45, 7) is 0.526. The van der Waals surface area contributed by atoms with Crippen LogP contribution in [0.2, 0.25) is 15.1 Å². The Morgan fingerprint density at radius 2 is 1.73 bits per heavy atom. The third kappa shape index (κ3) is 6.51. The van der Waals surface area contributed by atoms with Crippen molar-refractivity contribution in [3.63, 3.8) is 0 Å². The number of ether oxygens (including phenoxy) is 2. The Hall–Kier alpha value is -2.95. The molecule has 2 aliphatic rings. The zero-order chi connectivity index (χ0) is 32.7. The van der Waals surface area contributed by atoms with E-state index in [9.17, 15) is 33.7 Å². The second-order valence-electron chi connectivity index (χ2n) is 10.7. The summed E-state index contributed by atoms with van der Waals surface area (Å²) >= 11 is 18.1. The normalized spacial score (nSPS) is 26.7. The standard InChI is InChI=1S/C28H28Cl3F2N5O7/c1-12(40)36-9-20(21(41)10-36)38(16-6-14(29)5-15(30)7-16)28(43)27-26(44-2)24(25(42)22(11-39)45-27)37-8-19(34-35-37)13-3-17(32)23(31)18(33)4-13/h3-8,20-22,24-27,39,41-42H,9-11H2,1-2H3/t20-,21-,22+,24-,25-,26+,27+/m0/s1. The van der Waals surface area contributed by atoms with Crippen LogP contribution in [-0.2, 0) is 19.1 Å². The van der Waals surface area contributed by atoms with Crippen molar-refractivity contribution in [3.8, 4) is 11.3 Å². The number of aliphatic hydroxyl groups excluding tert-OH is 3. The SMILES string of the molecule is CO[C@@H]1[C@@H](n2cc(-c3cc(F)c(Cl)c(F)c3)nn2)[C@@H](O)[C@@H](CO)O[C@H]1C(=O)N(c1cc(Cl)cc(Cl)c1)[C@H]1CN(C(C)=O)C[C@@H]1O. The van der Waals surface area contributed by atoms with Gasteiger partial charge in [-0.05, 0) is 30.3 Å². The van der Waals surface area contributed by atoms with Gasteiger partial charge in [-0.2, -0.15) is 0 Å². The lowest BCUT2D eigenvalue weighted by Crippen LogP contribution is -2.63. The average Bonchev–Trinajstić information content (AvgIpc) is 3.62. The lowest BCUT2D eigenvalue weighted by molar-refractivity contribution is -0.211. The second kappa shape index (κ2) is 13.4. The molecule has 2 amide bonds. The molecule has 2 aromatic carbocycles. The number of carbonyl (C=O) groups excluding carboxylic acids is 2. The quantitative estimate of drug-likeness (QED) is 0.318. The molecule has 3 N–H and O–H groups in total. The van der Waals surface area contributed by atoms with Crippen LogP contribution in [0.5, 0.6) is 0 Å². The van der Waals surface area contributed by atoms with Gasteiger partial charge in [-0.1, -0.05) is 40.0 Å². The molecule has 0 radical (unpaired) electrons. The molecule has 0 unspecified atom stereocenters. The number of carbonyl (C=O) groups is 2. The number of rotatable bonds is 7. The number of nitrogens with zero attached hydrogens (tertiary/aromatic N) is 5. The molecule has 0 saturated carbocycles. The van der Waals surface area contributed by atoms with E-state index >= 15 is 0 Å². The Balaban J connectivity index is 1.56. The Bertz CT molecular complexity index is 1560. The second-order valence-corrected chi connectivity index (χ2v) is 11.9. The zero-order valence-corrected chi connectivity index (χ0v) is 26.0. The first kappa shape index (κ1) is 33.4. The average molecular weight is 691 g/mol. The molecule has 2 saturated heterocycles. The van der Waals surface area contributed by atoms with Gasteiger partial charge in [0.2, 0.25) is 5.91 Å². The van der Waals surface area contributed by atoms with Crippen LogP contribution in [0.15, 0.2) is 36.5 Å². The van der Waals surface area contributed by atoms with Gasteiger partial charge in [0, 0.05) is 48.4 Å². The summed E-state index contributed by atoms with van der Waals surface area (Å²) in [4.78, 5) is 29.2. The summed E-state index contributed by atoms with van der Waals surface area (Å²) in [5.74, 6) is -3.13. The monoisotopic (exact) mass is 689 g/mol. The summed E-state index contributed by atoms with van der Waals surface area (Å²) in [5, 5.41) is 40.0. The number of aromatic nitrogens is 3. The highest BCUT2D eigenvalue weighted by molar-refractivity contribution is 6.35. The van der Waals surface area contributed by atoms with Gasteiger partial charge in [0.1, 0.15) is 46.7 Å². The Morgan fingerprint density at radius 1 is 1.09 bits per heavy atom.